The van der Waals surface area contributed by atoms with E-state index in [9.17, 15) is 0 Å². The molecular formula is C97H79BrN8O. The van der Waals surface area contributed by atoms with Crippen molar-refractivity contribution in [3.63, 3.8) is 0 Å². The van der Waals surface area contributed by atoms with Gasteiger partial charge in [-0.1, -0.05) is 183 Å². The Labute approximate surface area is 629 Å². The first-order valence-corrected chi connectivity index (χ1v) is 37.5. The number of aryl methyl sites for hydroxylation is 13. The number of pyridine rings is 4. The molecule has 20 rings (SSSR count). The molecule has 8 heterocycles. The lowest BCUT2D eigenvalue weighted by Crippen LogP contribution is -1.98. The SMILES string of the molecule is Cc1cc(C)c(-c2cn3c4ccccc4c4ccc(Br)cc4c3n2)c(C)c1.Cc1cc(C)c(-c2cnc3c4cc(C)ccc4c4ccccc4n23)c(C)c1.Cc1cc(C)c(-c2cnc3c4cc(Oc5ccc6c7ccccc7n7c(-c8c(C)cc(C)cc8C)cnc7c6c5)ccc4c4ccccc4n23)c(C)c1. The summed E-state index contributed by atoms with van der Waals surface area (Å²) in [5, 5.41) is 14.1. The fourth-order valence-corrected chi connectivity index (χ4v) is 18.2. The van der Waals surface area contributed by atoms with Crippen LogP contribution in [0, 0.1) is 90.0 Å². The Morgan fingerprint density at radius 2 is 0.589 bits per heavy atom. The molecule has 0 saturated carbocycles. The summed E-state index contributed by atoms with van der Waals surface area (Å²) in [6, 6.07) is 78.3. The van der Waals surface area contributed by atoms with Crippen molar-refractivity contribution in [1.82, 2.24) is 37.5 Å². The highest BCUT2D eigenvalue weighted by Gasteiger charge is 2.23. The number of rotatable bonds is 6. The molecular weight excluding hydrogens is 1370 g/mol. The predicted molar refractivity (Wildman–Crippen MR) is 452 cm³/mol. The summed E-state index contributed by atoms with van der Waals surface area (Å²) in [4.78, 5) is 20.1. The molecule has 0 spiro atoms. The minimum absolute atomic E-state index is 0.757. The monoisotopic (exact) mass is 1450 g/mol. The molecule has 10 heteroatoms. The summed E-state index contributed by atoms with van der Waals surface area (Å²) < 4.78 is 17.0. The number of hydrogen-bond donors (Lipinski definition) is 0. The van der Waals surface area contributed by atoms with E-state index >= 15 is 0 Å². The summed E-state index contributed by atoms with van der Waals surface area (Å²) in [7, 11) is 0. The van der Waals surface area contributed by atoms with E-state index < -0.39 is 0 Å². The van der Waals surface area contributed by atoms with Crippen LogP contribution in [0.4, 0.5) is 0 Å². The van der Waals surface area contributed by atoms with Gasteiger partial charge in [0.1, 0.15) is 34.1 Å². The summed E-state index contributed by atoms with van der Waals surface area (Å²) in [5.41, 5.74) is 34.4. The van der Waals surface area contributed by atoms with Crippen molar-refractivity contribution in [3.8, 4) is 56.5 Å². The van der Waals surface area contributed by atoms with Gasteiger partial charge in [-0.2, -0.15) is 0 Å². The molecule has 20 aromatic rings. The van der Waals surface area contributed by atoms with E-state index in [-0.39, 0.29) is 0 Å². The Kier molecular flexibility index (Phi) is 16.1. The molecule has 0 fully saturated rings. The number of ether oxygens (including phenoxy) is 1. The fourth-order valence-electron chi connectivity index (χ4n) is 17.9. The van der Waals surface area contributed by atoms with Gasteiger partial charge in [-0.05, 0) is 235 Å². The third-order valence-electron chi connectivity index (χ3n) is 21.8. The Bertz CT molecular complexity index is 6810. The highest BCUT2D eigenvalue weighted by Crippen LogP contribution is 2.43. The molecule has 0 bridgehead atoms. The lowest BCUT2D eigenvalue weighted by molar-refractivity contribution is 0.484. The zero-order valence-corrected chi connectivity index (χ0v) is 64.0. The van der Waals surface area contributed by atoms with Crippen LogP contribution in [0.25, 0.3) is 154 Å². The van der Waals surface area contributed by atoms with Crippen LogP contribution >= 0.6 is 15.9 Å². The summed E-state index contributed by atoms with van der Waals surface area (Å²) >= 11 is 3.63. The van der Waals surface area contributed by atoms with E-state index in [1.807, 2.05) is 18.6 Å². The highest BCUT2D eigenvalue weighted by atomic mass is 79.9. The Balaban J connectivity index is 0.000000126. The van der Waals surface area contributed by atoms with E-state index in [4.69, 9.17) is 24.7 Å². The largest absolute Gasteiger partial charge is 0.457 e. The van der Waals surface area contributed by atoms with Gasteiger partial charge in [-0.25, -0.2) is 19.9 Å². The van der Waals surface area contributed by atoms with Crippen LogP contribution in [-0.2, 0) is 0 Å². The van der Waals surface area contributed by atoms with Crippen molar-refractivity contribution in [2.75, 3.05) is 0 Å². The number of aromatic nitrogens is 8. The van der Waals surface area contributed by atoms with Gasteiger partial charge in [-0.15, -0.1) is 0 Å². The molecule has 107 heavy (non-hydrogen) atoms. The minimum Gasteiger partial charge on any atom is -0.457 e. The molecule has 0 N–H and O–H groups in total. The van der Waals surface area contributed by atoms with E-state index in [2.05, 4.69) is 348 Å². The van der Waals surface area contributed by atoms with Crippen molar-refractivity contribution in [3.05, 3.63) is 320 Å². The number of imidazole rings is 4. The smallest absolute Gasteiger partial charge is 0.145 e. The molecule has 0 amide bonds. The van der Waals surface area contributed by atoms with Gasteiger partial charge in [0.15, 0.2) is 0 Å². The molecule has 0 radical (unpaired) electrons. The normalized spacial score (nSPS) is 11.8. The van der Waals surface area contributed by atoms with Crippen LogP contribution < -0.4 is 4.74 Å². The van der Waals surface area contributed by atoms with Crippen molar-refractivity contribution < 1.29 is 4.74 Å². The molecule has 520 valence electrons. The number of nitrogens with zero attached hydrogens (tertiary/aromatic N) is 8. The van der Waals surface area contributed by atoms with Gasteiger partial charge in [0.05, 0.1) is 63.4 Å². The van der Waals surface area contributed by atoms with Crippen LogP contribution in [0.15, 0.2) is 248 Å². The molecule has 8 aromatic heterocycles. The molecule has 0 atom stereocenters. The third kappa shape index (κ3) is 11.1. The van der Waals surface area contributed by atoms with Crippen molar-refractivity contribution in [2.45, 2.75) is 90.0 Å². The van der Waals surface area contributed by atoms with E-state index in [1.165, 1.54) is 149 Å². The van der Waals surface area contributed by atoms with Crippen LogP contribution in [-0.4, -0.2) is 37.5 Å². The van der Waals surface area contributed by atoms with Gasteiger partial charge >= 0.3 is 0 Å². The summed E-state index contributed by atoms with van der Waals surface area (Å²) in [5.74, 6) is 1.51. The summed E-state index contributed by atoms with van der Waals surface area (Å²) in [6.45, 7) is 28.3. The number of fused-ring (bicyclic) bond motifs is 24. The van der Waals surface area contributed by atoms with Gasteiger partial charge in [0.25, 0.3) is 0 Å². The fraction of sp³-hybridized carbons (Fsp3) is 0.134. The minimum atomic E-state index is 0.757. The lowest BCUT2D eigenvalue weighted by Gasteiger charge is -2.16. The molecule has 0 aliphatic carbocycles. The van der Waals surface area contributed by atoms with Crippen LogP contribution in [0.3, 0.4) is 0 Å². The molecule has 0 aliphatic rings. The average molecular weight is 1450 g/mol. The number of para-hydroxylation sites is 4. The number of halogens is 1. The zero-order chi connectivity index (χ0) is 73.5. The van der Waals surface area contributed by atoms with Crippen LogP contribution in [0.5, 0.6) is 11.5 Å². The van der Waals surface area contributed by atoms with Crippen molar-refractivity contribution in [1.29, 1.82) is 0 Å². The second kappa shape index (κ2) is 25.8. The molecule has 0 aliphatic heterocycles. The van der Waals surface area contributed by atoms with E-state index in [0.29, 0.717) is 0 Å². The molecule has 12 aromatic carbocycles. The second-order valence-electron chi connectivity index (χ2n) is 29.6. The van der Waals surface area contributed by atoms with Gasteiger partial charge < -0.3 is 4.74 Å². The van der Waals surface area contributed by atoms with Crippen molar-refractivity contribution >= 4 is 125 Å². The second-order valence-corrected chi connectivity index (χ2v) is 30.6. The van der Waals surface area contributed by atoms with Crippen molar-refractivity contribution in [2.24, 2.45) is 0 Å². The van der Waals surface area contributed by atoms with E-state index in [0.717, 1.165) is 93.6 Å². The quantitative estimate of drug-likeness (QED) is 0.155. The summed E-state index contributed by atoms with van der Waals surface area (Å²) in [6.07, 6.45) is 8.27. The van der Waals surface area contributed by atoms with Crippen LogP contribution in [0.1, 0.15) is 72.3 Å². The number of hydrogen-bond acceptors (Lipinski definition) is 5. The van der Waals surface area contributed by atoms with E-state index in [1.54, 1.807) is 0 Å². The topological polar surface area (TPSA) is 78.4 Å². The lowest BCUT2D eigenvalue weighted by atomic mass is 9.97. The predicted octanol–water partition coefficient (Wildman–Crippen LogP) is 26.1. The Morgan fingerprint density at radius 1 is 0.271 bits per heavy atom. The Morgan fingerprint density at radius 3 is 0.981 bits per heavy atom. The highest BCUT2D eigenvalue weighted by molar-refractivity contribution is 9.10. The number of benzene rings is 12. The maximum Gasteiger partial charge on any atom is 0.145 e. The Hall–Kier alpha value is -12.2. The average Bonchev–Trinajstić information content (AvgIpc) is 1.60. The molecule has 0 saturated heterocycles. The first kappa shape index (κ1) is 66.7. The molecule has 0 unspecified atom stereocenters. The first-order chi connectivity index (χ1) is 51.8. The van der Waals surface area contributed by atoms with Gasteiger partial charge in [0.2, 0.25) is 0 Å². The third-order valence-corrected chi connectivity index (χ3v) is 22.3. The molecule has 9 nitrogen and oxygen atoms in total. The van der Waals surface area contributed by atoms with Gasteiger partial charge in [0, 0.05) is 76.0 Å². The maximum absolute atomic E-state index is 6.73. The van der Waals surface area contributed by atoms with Crippen LogP contribution in [0.2, 0.25) is 0 Å². The first-order valence-electron chi connectivity index (χ1n) is 36.7. The zero-order valence-electron chi connectivity index (χ0n) is 62.5. The maximum atomic E-state index is 6.73. The van der Waals surface area contributed by atoms with Gasteiger partial charge in [-0.3, -0.25) is 17.6 Å². The standard InChI is InChI=1S/C48H38N4O.C25H22N2.C24H19BrN2/c1-27-19-29(3)45(30(4)20-27)43-25-49-47-39-23-33(15-17-35(39)37-11-7-9-13-41(37)51(43)47)53-34-16-18-36-38-12-8-10-14-42(38)52-44(26-50-48(52)40(36)24-34)46-31(5)21-28(2)22-32(46)6;1-15-9-10-19-20-7-5-6-8-22(20)27-23(14-26-25(27)21(19)13-15)24-17(3)11-16(2)12-18(24)4;1-14-10-15(2)23(16(3)11-14)21-13-27-22-7-5-4-6-19(22)18-9-8-17(25)12-20(18)24(27)26-21/h7-26H,1-6H3;5-14H,1-4H3;4-13H,1-3H3.